The topological polar surface area (TPSA) is 47.3 Å². The number of hydrogen-bond acceptors (Lipinski definition) is 3. The van der Waals surface area contributed by atoms with Gasteiger partial charge >= 0.3 is 0 Å². The normalized spacial score (nSPS) is 12.6. The van der Waals surface area contributed by atoms with Crippen LogP contribution in [0.2, 0.25) is 5.02 Å². The number of rotatable bonds is 7. The van der Waals surface area contributed by atoms with E-state index < -0.39 is 6.10 Å². The molecule has 0 bridgehead atoms. The molecule has 24 heavy (non-hydrogen) atoms. The number of aromatic nitrogens is 2. The molecule has 0 aliphatic heterocycles. The Bertz CT molecular complexity index is 799. The van der Waals surface area contributed by atoms with E-state index in [9.17, 15) is 5.11 Å². The molecule has 0 unspecified atom stereocenters. The van der Waals surface area contributed by atoms with E-state index in [1.807, 2.05) is 48.5 Å². The Labute approximate surface area is 146 Å². The zero-order valence-corrected chi connectivity index (χ0v) is 14.4. The first kappa shape index (κ1) is 17.0. The van der Waals surface area contributed by atoms with Gasteiger partial charge in [-0.2, -0.15) is 0 Å². The first-order valence-electron chi connectivity index (χ1n) is 8.11. The van der Waals surface area contributed by atoms with Gasteiger partial charge in [-0.25, -0.2) is 4.98 Å². The Hall–Kier alpha value is -1.88. The smallest absolute Gasteiger partial charge is 0.109 e. The highest BCUT2D eigenvalue weighted by Crippen LogP contribution is 2.17. The Morgan fingerprint density at radius 1 is 1.17 bits per heavy atom. The second-order valence-electron chi connectivity index (χ2n) is 5.78. The van der Waals surface area contributed by atoms with Crippen molar-refractivity contribution in [3.63, 3.8) is 0 Å². The predicted molar refractivity (Wildman–Crippen MR) is 96.2 cm³/mol. The molecule has 0 aliphatic carbocycles. The van der Waals surface area contributed by atoms with E-state index in [0.717, 1.165) is 28.8 Å². The van der Waals surface area contributed by atoms with Crippen LogP contribution in [0.1, 0.15) is 18.3 Å². The average Bonchev–Trinajstić information content (AvgIpc) is 2.94. The molecule has 0 fully saturated rings. The number of aliphatic hydroxyl groups is 1. The minimum Gasteiger partial charge on any atom is -0.389 e. The molecule has 0 radical (unpaired) electrons. The first-order valence-corrected chi connectivity index (χ1v) is 8.49. The summed E-state index contributed by atoms with van der Waals surface area (Å²) in [6.45, 7) is 3.28. The van der Waals surface area contributed by atoms with Crippen LogP contribution in [0.3, 0.4) is 0 Å². The van der Waals surface area contributed by atoms with E-state index in [1.54, 1.807) is 0 Å². The molecule has 4 nitrogen and oxygen atoms in total. The maximum atomic E-state index is 10.3. The molecule has 3 rings (SSSR count). The molecule has 3 aromatic rings. The van der Waals surface area contributed by atoms with Crippen molar-refractivity contribution in [1.29, 1.82) is 0 Å². The number of ether oxygens (including phenoxy) is 1. The maximum absolute atomic E-state index is 10.3. The fourth-order valence-electron chi connectivity index (χ4n) is 2.76. The number of nitrogens with zero attached hydrogens (tertiary/aromatic N) is 2. The summed E-state index contributed by atoms with van der Waals surface area (Å²) in [5.41, 5.74) is 3.05. The van der Waals surface area contributed by atoms with Gasteiger partial charge in [-0.15, -0.1) is 0 Å². The van der Waals surface area contributed by atoms with Gasteiger partial charge in [-0.1, -0.05) is 42.8 Å². The summed E-state index contributed by atoms with van der Waals surface area (Å²) >= 11 is 5.86. The summed E-state index contributed by atoms with van der Waals surface area (Å²) in [4.78, 5) is 4.62. The third-order valence-electron chi connectivity index (χ3n) is 3.94. The number of para-hydroxylation sites is 2. The van der Waals surface area contributed by atoms with Crippen LogP contribution in [0.15, 0.2) is 48.5 Å². The van der Waals surface area contributed by atoms with E-state index in [4.69, 9.17) is 16.3 Å². The number of fused-ring (bicyclic) bond motifs is 1. The van der Waals surface area contributed by atoms with Gasteiger partial charge in [0.2, 0.25) is 0 Å². The van der Waals surface area contributed by atoms with E-state index in [1.165, 1.54) is 0 Å². The lowest BCUT2D eigenvalue weighted by atomic mass is 10.2. The second kappa shape index (κ2) is 7.79. The maximum Gasteiger partial charge on any atom is 0.109 e. The van der Waals surface area contributed by atoms with E-state index in [-0.39, 0.29) is 6.61 Å². The minimum atomic E-state index is -0.583. The third kappa shape index (κ3) is 3.96. The number of halogens is 1. The van der Waals surface area contributed by atoms with Crippen molar-refractivity contribution in [2.45, 2.75) is 32.6 Å². The van der Waals surface area contributed by atoms with Gasteiger partial charge in [-0.3, -0.25) is 0 Å². The molecule has 0 saturated carbocycles. The molecule has 0 spiro atoms. The molecule has 1 heterocycles. The summed E-state index contributed by atoms with van der Waals surface area (Å²) in [6.07, 6.45) is 0.243. The van der Waals surface area contributed by atoms with Crippen molar-refractivity contribution in [2.75, 3.05) is 6.61 Å². The van der Waals surface area contributed by atoms with E-state index in [2.05, 4.69) is 16.5 Å². The fraction of sp³-hybridized carbons (Fsp3) is 0.316. The summed E-state index contributed by atoms with van der Waals surface area (Å²) in [5.74, 6) is 0.980. The minimum absolute atomic E-state index is 0.276. The van der Waals surface area contributed by atoms with Crippen molar-refractivity contribution in [3.8, 4) is 0 Å². The molecule has 1 aromatic heterocycles. The summed E-state index contributed by atoms with van der Waals surface area (Å²) in [5, 5.41) is 11.0. The Morgan fingerprint density at radius 2 is 1.92 bits per heavy atom. The Balaban J connectivity index is 1.60. The lowest BCUT2D eigenvalue weighted by Crippen LogP contribution is -2.23. The van der Waals surface area contributed by atoms with Gasteiger partial charge in [0.15, 0.2) is 0 Å². The van der Waals surface area contributed by atoms with Crippen molar-refractivity contribution in [3.05, 3.63) is 64.9 Å². The summed E-state index contributed by atoms with van der Waals surface area (Å²) < 4.78 is 7.70. The number of aryl methyl sites for hydroxylation is 1. The van der Waals surface area contributed by atoms with Crippen LogP contribution >= 0.6 is 11.6 Å². The zero-order valence-electron chi connectivity index (χ0n) is 13.7. The van der Waals surface area contributed by atoms with Gasteiger partial charge in [-0.05, 0) is 29.8 Å². The van der Waals surface area contributed by atoms with Crippen molar-refractivity contribution in [1.82, 2.24) is 9.55 Å². The number of hydrogen-bond donors (Lipinski definition) is 1. The Kier molecular flexibility index (Phi) is 5.51. The van der Waals surface area contributed by atoms with Crippen LogP contribution < -0.4 is 0 Å². The molecule has 0 aliphatic rings. The number of aliphatic hydroxyl groups excluding tert-OH is 1. The quantitative estimate of drug-likeness (QED) is 0.708. The SMILES string of the molecule is CCc1nc2ccccc2n1C[C@H](O)COCc1ccc(Cl)cc1. The van der Waals surface area contributed by atoms with Crippen LogP contribution in [0.25, 0.3) is 11.0 Å². The number of imidazole rings is 1. The predicted octanol–water partition coefficient (Wildman–Crippen LogP) is 3.83. The van der Waals surface area contributed by atoms with Gasteiger partial charge in [0.05, 0.1) is 36.9 Å². The molecular weight excluding hydrogens is 324 g/mol. The molecule has 0 amide bonds. The highest BCUT2D eigenvalue weighted by Gasteiger charge is 2.13. The molecule has 126 valence electrons. The van der Waals surface area contributed by atoms with Crippen molar-refractivity contribution < 1.29 is 9.84 Å². The highest BCUT2D eigenvalue weighted by atomic mass is 35.5. The van der Waals surface area contributed by atoms with Crippen LogP contribution in [0.4, 0.5) is 0 Å². The molecular formula is C19H21ClN2O2. The number of benzene rings is 2. The molecule has 5 heteroatoms. The zero-order chi connectivity index (χ0) is 16.9. The van der Waals surface area contributed by atoms with E-state index in [0.29, 0.717) is 18.2 Å². The van der Waals surface area contributed by atoms with E-state index >= 15 is 0 Å². The Morgan fingerprint density at radius 3 is 2.67 bits per heavy atom. The average molecular weight is 345 g/mol. The van der Waals surface area contributed by atoms with Crippen LogP contribution in [0.5, 0.6) is 0 Å². The molecule has 0 saturated heterocycles. The standard InChI is InChI=1S/C19H21ClN2O2/c1-2-19-21-17-5-3-4-6-18(17)22(19)11-16(23)13-24-12-14-7-9-15(20)10-8-14/h3-10,16,23H,2,11-13H2,1H3/t16-/m0/s1. The largest absolute Gasteiger partial charge is 0.389 e. The highest BCUT2D eigenvalue weighted by molar-refractivity contribution is 6.30. The lowest BCUT2D eigenvalue weighted by Gasteiger charge is -2.15. The van der Waals surface area contributed by atoms with Crippen LogP contribution in [-0.4, -0.2) is 27.4 Å². The fourth-order valence-corrected chi connectivity index (χ4v) is 2.88. The monoisotopic (exact) mass is 344 g/mol. The van der Waals surface area contributed by atoms with Gasteiger partial charge in [0.1, 0.15) is 5.82 Å². The van der Waals surface area contributed by atoms with Crippen LogP contribution in [-0.2, 0) is 24.3 Å². The molecule has 2 aromatic carbocycles. The third-order valence-corrected chi connectivity index (χ3v) is 4.19. The van der Waals surface area contributed by atoms with Crippen LogP contribution in [0, 0.1) is 0 Å². The summed E-state index contributed by atoms with van der Waals surface area (Å²) in [6, 6.07) is 15.5. The molecule has 1 atom stereocenters. The van der Waals surface area contributed by atoms with Crippen molar-refractivity contribution in [2.24, 2.45) is 0 Å². The summed E-state index contributed by atoms with van der Waals surface area (Å²) in [7, 11) is 0. The molecule has 1 N–H and O–H groups in total. The van der Waals surface area contributed by atoms with Gasteiger partial charge < -0.3 is 14.4 Å². The van der Waals surface area contributed by atoms with Gasteiger partial charge in [0.25, 0.3) is 0 Å². The van der Waals surface area contributed by atoms with Crippen molar-refractivity contribution >= 4 is 22.6 Å². The first-order chi connectivity index (χ1) is 11.7. The lowest BCUT2D eigenvalue weighted by molar-refractivity contribution is 0.0205. The second-order valence-corrected chi connectivity index (χ2v) is 6.21. The van der Waals surface area contributed by atoms with Gasteiger partial charge in [0, 0.05) is 11.4 Å².